The Labute approximate surface area is 140 Å². The fraction of sp³-hybridized carbons (Fsp3) is 0.278. The van der Waals surface area contributed by atoms with E-state index in [1.807, 2.05) is 31.2 Å². The summed E-state index contributed by atoms with van der Waals surface area (Å²) < 4.78 is 10.5. The minimum absolute atomic E-state index is 0.275. The van der Waals surface area contributed by atoms with E-state index in [-0.39, 0.29) is 6.42 Å². The number of carbonyl (C=O) groups is 1. The molecule has 0 fully saturated rings. The SMILES string of the molecule is COc1ccc(CC(C(=O)O)c2ccc(C)cc2)c(Cl)c1OC. The molecule has 23 heavy (non-hydrogen) atoms. The van der Waals surface area contributed by atoms with Crippen LogP contribution >= 0.6 is 11.6 Å². The molecule has 0 aliphatic rings. The summed E-state index contributed by atoms with van der Waals surface area (Å²) >= 11 is 6.36. The summed E-state index contributed by atoms with van der Waals surface area (Å²) in [5.41, 5.74) is 2.54. The van der Waals surface area contributed by atoms with E-state index in [2.05, 4.69) is 0 Å². The Morgan fingerprint density at radius 2 is 1.78 bits per heavy atom. The van der Waals surface area contributed by atoms with Crippen LogP contribution in [0.2, 0.25) is 5.02 Å². The number of methoxy groups -OCH3 is 2. The van der Waals surface area contributed by atoms with Crippen LogP contribution in [0.1, 0.15) is 22.6 Å². The molecule has 0 aromatic heterocycles. The van der Waals surface area contributed by atoms with Crippen LogP contribution in [0.4, 0.5) is 0 Å². The third-order valence-electron chi connectivity index (χ3n) is 3.77. The molecule has 2 aromatic rings. The Kier molecular flexibility index (Phi) is 5.50. The highest BCUT2D eigenvalue weighted by Crippen LogP contribution is 2.39. The predicted octanol–water partition coefficient (Wildman–Crippen LogP) is 4.08. The Morgan fingerprint density at radius 3 is 2.30 bits per heavy atom. The first-order valence-electron chi connectivity index (χ1n) is 7.16. The van der Waals surface area contributed by atoms with E-state index in [0.29, 0.717) is 22.1 Å². The highest BCUT2D eigenvalue weighted by atomic mass is 35.5. The summed E-state index contributed by atoms with van der Waals surface area (Å²) in [6.07, 6.45) is 0.275. The summed E-state index contributed by atoms with van der Waals surface area (Å²) in [6.45, 7) is 1.96. The van der Waals surface area contributed by atoms with Gasteiger partial charge in [-0.2, -0.15) is 0 Å². The molecule has 122 valence electrons. The Balaban J connectivity index is 2.38. The zero-order valence-electron chi connectivity index (χ0n) is 13.3. The average molecular weight is 335 g/mol. The molecule has 1 N–H and O–H groups in total. The summed E-state index contributed by atoms with van der Waals surface area (Å²) in [7, 11) is 3.03. The van der Waals surface area contributed by atoms with Crippen molar-refractivity contribution in [2.45, 2.75) is 19.3 Å². The first kappa shape index (κ1) is 17.2. The Hall–Kier alpha value is -2.20. The monoisotopic (exact) mass is 334 g/mol. The largest absolute Gasteiger partial charge is 0.493 e. The van der Waals surface area contributed by atoms with Crippen LogP contribution in [0.25, 0.3) is 0 Å². The van der Waals surface area contributed by atoms with Gasteiger partial charge in [0.25, 0.3) is 0 Å². The molecule has 0 saturated heterocycles. The Bertz CT molecular complexity index is 695. The van der Waals surface area contributed by atoms with Crippen molar-refractivity contribution >= 4 is 17.6 Å². The van der Waals surface area contributed by atoms with Crippen LogP contribution in [0.15, 0.2) is 36.4 Å². The maximum Gasteiger partial charge on any atom is 0.311 e. The molecule has 0 radical (unpaired) electrons. The highest BCUT2D eigenvalue weighted by Gasteiger charge is 2.23. The number of halogens is 1. The molecule has 1 atom stereocenters. The normalized spacial score (nSPS) is 11.8. The number of benzene rings is 2. The molecular weight excluding hydrogens is 316 g/mol. The summed E-state index contributed by atoms with van der Waals surface area (Å²) in [5.74, 6) is -0.630. The predicted molar refractivity (Wildman–Crippen MR) is 89.8 cm³/mol. The third-order valence-corrected chi connectivity index (χ3v) is 4.18. The van der Waals surface area contributed by atoms with E-state index in [0.717, 1.165) is 11.1 Å². The van der Waals surface area contributed by atoms with Gasteiger partial charge in [-0.05, 0) is 30.5 Å². The minimum atomic E-state index is -0.889. The first-order valence-corrected chi connectivity index (χ1v) is 7.54. The van der Waals surface area contributed by atoms with Gasteiger partial charge in [-0.1, -0.05) is 47.5 Å². The fourth-order valence-electron chi connectivity index (χ4n) is 2.45. The van der Waals surface area contributed by atoms with Gasteiger partial charge in [0.15, 0.2) is 11.5 Å². The lowest BCUT2D eigenvalue weighted by Gasteiger charge is -2.17. The maximum absolute atomic E-state index is 11.7. The second-order valence-electron chi connectivity index (χ2n) is 5.28. The smallest absolute Gasteiger partial charge is 0.311 e. The molecule has 0 spiro atoms. The van der Waals surface area contributed by atoms with Crippen molar-refractivity contribution < 1.29 is 19.4 Å². The van der Waals surface area contributed by atoms with Gasteiger partial charge in [-0.3, -0.25) is 4.79 Å². The van der Waals surface area contributed by atoms with E-state index >= 15 is 0 Å². The number of carboxylic acids is 1. The van der Waals surface area contributed by atoms with Gasteiger partial charge in [0, 0.05) is 0 Å². The van der Waals surface area contributed by atoms with Crippen molar-refractivity contribution in [3.8, 4) is 11.5 Å². The molecule has 0 aliphatic carbocycles. The van der Waals surface area contributed by atoms with Crippen LogP contribution in [0.5, 0.6) is 11.5 Å². The van der Waals surface area contributed by atoms with E-state index in [9.17, 15) is 9.90 Å². The second kappa shape index (κ2) is 7.38. The molecule has 0 bridgehead atoms. The Morgan fingerprint density at radius 1 is 1.13 bits per heavy atom. The fourth-order valence-corrected chi connectivity index (χ4v) is 2.76. The second-order valence-corrected chi connectivity index (χ2v) is 5.66. The van der Waals surface area contributed by atoms with Crippen molar-refractivity contribution in [2.75, 3.05) is 14.2 Å². The lowest BCUT2D eigenvalue weighted by molar-refractivity contribution is -0.138. The van der Waals surface area contributed by atoms with Crippen LogP contribution in [-0.2, 0) is 11.2 Å². The standard InChI is InChI=1S/C18H19ClO4/c1-11-4-6-12(7-5-11)14(18(20)21)10-13-8-9-15(22-2)17(23-3)16(13)19/h4-9,14H,10H2,1-3H3,(H,20,21). The van der Waals surface area contributed by atoms with Gasteiger partial charge in [0.05, 0.1) is 25.2 Å². The summed E-state index contributed by atoms with van der Waals surface area (Å²) in [5, 5.41) is 9.96. The molecule has 0 aliphatic heterocycles. The van der Waals surface area contributed by atoms with E-state index in [4.69, 9.17) is 21.1 Å². The van der Waals surface area contributed by atoms with Crippen molar-refractivity contribution in [1.29, 1.82) is 0 Å². The zero-order valence-corrected chi connectivity index (χ0v) is 14.1. The number of carboxylic acid groups (broad SMARTS) is 1. The third kappa shape index (κ3) is 3.77. The molecule has 0 heterocycles. The first-order chi connectivity index (χ1) is 11.0. The molecule has 1 unspecified atom stereocenters. The zero-order chi connectivity index (χ0) is 17.0. The quantitative estimate of drug-likeness (QED) is 0.865. The summed E-state index contributed by atoms with van der Waals surface area (Å²) in [4.78, 5) is 11.7. The van der Waals surface area contributed by atoms with E-state index in [1.165, 1.54) is 14.2 Å². The lowest BCUT2D eigenvalue weighted by Crippen LogP contribution is -2.15. The van der Waals surface area contributed by atoms with Crippen molar-refractivity contribution in [2.24, 2.45) is 0 Å². The molecule has 0 saturated carbocycles. The van der Waals surface area contributed by atoms with Crippen molar-refractivity contribution in [3.05, 3.63) is 58.1 Å². The minimum Gasteiger partial charge on any atom is -0.493 e. The van der Waals surface area contributed by atoms with Crippen molar-refractivity contribution in [1.82, 2.24) is 0 Å². The number of ether oxygens (including phenoxy) is 2. The molecule has 4 nitrogen and oxygen atoms in total. The number of hydrogen-bond donors (Lipinski definition) is 1. The lowest BCUT2D eigenvalue weighted by atomic mass is 9.91. The van der Waals surface area contributed by atoms with Gasteiger partial charge < -0.3 is 14.6 Å². The number of hydrogen-bond acceptors (Lipinski definition) is 3. The molecule has 0 amide bonds. The molecule has 5 heteroatoms. The van der Waals surface area contributed by atoms with Crippen LogP contribution < -0.4 is 9.47 Å². The highest BCUT2D eigenvalue weighted by molar-refractivity contribution is 6.33. The number of aryl methyl sites for hydroxylation is 1. The van der Waals surface area contributed by atoms with Crippen LogP contribution in [0, 0.1) is 6.92 Å². The molecule has 2 aromatic carbocycles. The molecule has 2 rings (SSSR count). The van der Waals surface area contributed by atoms with Gasteiger partial charge in [0.1, 0.15) is 0 Å². The number of aliphatic carboxylic acids is 1. The number of rotatable bonds is 6. The summed E-state index contributed by atoms with van der Waals surface area (Å²) in [6, 6.07) is 11.0. The molecular formula is C18H19ClO4. The van der Waals surface area contributed by atoms with Crippen molar-refractivity contribution in [3.63, 3.8) is 0 Å². The van der Waals surface area contributed by atoms with Crippen LogP contribution in [0.3, 0.4) is 0 Å². The van der Waals surface area contributed by atoms with Gasteiger partial charge in [0.2, 0.25) is 0 Å². The topological polar surface area (TPSA) is 55.8 Å². The average Bonchev–Trinajstić information content (AvgIpc) is 2.54. The van der Waals surface area contributed by atoms with Gasteiger partial charge in [-0.25, -0.2) is 0 Å². The maximum atomic E-state index is 11.7. The van der Waals surface area contributed by atoms with E-state index < -0.39 is 11.9 Å². The van der Waals surface area contributed by atoms with Crippen LogP contribution in [-0.4, -0.2) is 25.3 Å². The van der Waals surface area contributed by atoms with Gasteiger partial charge >= 0.3 is 5.97 Å². The van der Waals surface area contributed by atoms with Gasteiger partial charge in [-0.15, -0.1) is 0 Å². The van der Waals surface area contributed by atoms with E-state index in [1.54, 1.807) is 12.1 Å².